The lowest BCUT2D eigenvalue weighted by Gasteiger charge is -2.31. The van der Waals surface area contributed by atoms with E-state index in [-0.39, 0.29) is 60.1 Å². The molecule has 1 aromatic carbocycles. The van der Waals surface area contributed by atoms with E-state index in [1.165, 1.54) is 13.2 Å². The van der Waals surface area contributed by atoms with Crippen molar-refractivity contribution in [3.63, 3.8) is 0 Å². The van der Waals surface area contributed by atoms with Gasteiger partial charge in [0.05, 0.1) is 24.7 Å². The number of likely N-dealkylation sites (tertiary alicyclic amines) is 1. The minimum atomic E-state index is -3.60. The lowest BCUT2D eigenvalue weighted by Crippen LogP contribution is -2.48. The van der Waals surface area contributed by atoms with Gasteiger partial charge in [0.25, 0.3) is 0 Å². The normalized spacial score (nSPS) is 15.3. The summed E-state index contributed by atoms with van der Waals surface area (Å²) in [5.41, 5.74) is 6.72. The molecule has 0 radical (unpaired) electrons. The van der Waals surface area contributed by atoms with Crippen LogP contribution in [0, 0.1) is 0 Å². The molecule has 0 bridgehead atoms. The molecule has 0 spiro atoms. The van der Waals surface area contributed by atoms with Crippen LogP contribution in [0.3, 0.4) is 0 Å². The lowest BCUT2D eigenvalue weighted by atomic mass is 10.1. The number of methoxy groups -OCH3 is 1. The second kappa shape index (κ2) is 13.7. The third kappa shape index (κ3) is 9.17. The van der Waals surface area contributed by atoms with Crippen LogP contribution in [0.2, 0.25) is 0 Å². The zero-order valence-corrected chi connectivity index (χ0v) is 21.0. The first kappa shape index (κ1) is 27.4. The van der Waals surface area contributed by atoms with Gasteiger partial charge in [-0.05, 0) is 37.5 Å². The van der Waals surface area contributed by atoms with Gasteiger partial charge in [0, 0.05) is 32.8 Å². The number of amides is 1. The molecule has 1 amide bonds. The molecule has 12 heteroatoms. The minimum Gasteiger partial charge on any atom is -0.450 e. The Kier molecular flexibility index (Phi) is 12.1. The maximum Gasteiger partial charge on any atom is 0.409 e. The average Bonchev–Trinajstić information content (AvgIpc) is 2.73. The molecular formula is C19H32IN5O5S. The summed E-state index contributed by atoms with van der Waals surface area (Å²) in [7, 11) is -2.09. The molecule has 0 saturated carbocycles. The highest BCUT2D eigenvalue weighted by molar-refractivity contribution is 14.0. The fourth-order valence-corrected chi connectivity index (χ4v) is 4.11. The maximum atomic E-state index is 12.3. The van der Waals surface area contributed by atoms with Crippen molar-refractivity contribution in [2.45, 2.75) is 37.2 Å². The molecule has 0 aromatic heterocycles. The Hall–Kier alpha value is -1.64. The highest BCUT2D eigenvalue weighted by Gasteiger charge is 2.23. The molecule has 10 nitrogen and oxygen atoms in total. The molecule has 1 aromatic rings. The topological polar surface area (TPSA) is 135 Å². The summed E-state index contributed by atoms with van der Waals surface area (Å²) < 4.78 is 36.9. The van der Waals surface area contributed by atoms with Gasteiger partial charge in [-0.25, -0.2) is 22.9 Å². The second-order valence-corrected chi connectivity index (χ2v) is 8.61. The largest absolute Gasteiger partial charge is 0.450 e. The first-order chi connectivity index (χ1) is 14.4. The van der Waals surface area contributed by atoms with E-state index in [2.05, 4.69) is 15.0 Å². The van der Waals surface area contributed by atoms with Crippen molar-refractivity contribution >= 4 is 46.1 Å². The first-order valence-electron chi connectivity index (χ1n) is 9.91. The standard InChI is InChI=1S/C19H31N5O5S.HI/c1-3-29-19(25)24-10-7-16(8-11-24)23-18(20)21-14-15-5-4-6-17(13-15)30(26,27)22-9-12-28-2;/h4-6,13,16,22H,3,7-12,14H2,1-2H3,(H3,20,21,23);1H. The van der Waals surface area contributed by atoms with Crippen LogP contribution in [0.25, 0.3) is 0 Å². The van der Waals surface area contributed by atoms with Gasteiger partial charge in [-0.1, -0.05) is 12.1 Å². The second-order valence-electron chi connectivity index (χ2n) is 6.84. The molecule has 1 saturated heterocycles. The number of piperidine rings is 1. The van der Waals surface area contributed by atoms with Crippen LogP contribution in [0.4, 0.5) is 4.79 Å². The van der Waals surface area contributed by atoms with Crippen LogP contribution in [-0.2, 0) is 26.0 Å². The van der Waals surface area contributed by atoms with Gasteiger partial charge in [-0.15, -0.1) is 24.0 Å². The van der Waals surface area contributed by atoms with Gasteiger partial charge in [-0.3, -0.25) is 0 Å². The third-order valence-electron chi connectivity index (χ3n) is 4.61. The molecule has 1 fully saturated rings. The molecule has 1 aliphatic heterocycles. The number of nitrogens with two attached hydrogens (primary N) is 1. The van der Waals surface area contributed by atoms with Gasteiger partial charge in [-0.2, -0.15) is 0 Å². The number of hydrogen-bond acceptors (Lipinski definition) is 6. The number of nitrogens with zero attached hydrogens (tertiary/aromatic N) is 2. The highest BCUT2D eigenvalue weighted by atomic mass is 127. The quantitative estimate of drug-likeness (QED) is 0.176. The predicted octanol–water partition coefficient (Wildman–Crippen LogP) is 1.25. The van der Waals surface area contributed by atoms with Gasteiger partial charge in [0.15, 0.2) is 5.96 Å². The summed E-state index contributed by atoms with van der Waals surface area (Å²) in [5, 5.41) is 3.16. The van der Waals surface area contributed by atoms with Crippen molar-refractivity contribution in [2.24, 2.45) is 10.7 Å². The number of ether oxygens (including phenoxy) is 2. The fraction of sp³-hybridized carbons (Fsp3) is 0.579. The van der Waals surface area contributed by atoms with Gasteiger partial charge in [0.2, 0.25) is 10.0 Å². The van der Waals surface area contributed by atoms with E-state index in [1.54, 1.807) is 30.0 Å². The Balaban J connectivity index is 0.00000480. The van der Waals surface area contributed by atoms with E-state index < -0.39 is 10.0 Å². The Morgan fingerprint density at radius 2 is 2.03 bits per heavy atom. The van der Waals surface area contributed by atoms with E-state index in [9.17, 15) is 13.2 Å². The molecular weight excluding hydrogens is 537 g/mol. The maximum absolute atomic E-state index is 12.3. The number of aliphatic imine (C=N–C) groups is 1. The van der Waals surface area contributed by atoms with Crippen LogP contribution >= 0.6 is 24.0 Å². The van der Waals surface area contributed by atoms with Crippen molar-refractivity contribution in [3.8, 4) is 0 Å². The summed E-state index contributed by atoms with van der Waals surface area (Å²) in [5.74, 6) is 0.288. The number of sulfonamides is 1. The molecule has 0 aliphatic carbocycles. The smallest absolute Gasteiger partial charge is 0.409 e. The molecule has 0 atom stereocenters. The SMILES string of the molecule is CCOC(=O)N1CCC(NC(N)=NCc2cccc(S(=O)(=O)NCCOC)c2)CC1.I. The predicted molar refractivity (Wildman–Crippen MR) is 129 cm³/mol. The molecule has 2 rings (SSSR count). The summed E-state index contributed by atoms with van der Waals surface area (Å²) in [6.45, 7) is 4.09. The molecule has 1 heterocycles. The number of carbonyl (C=O) groups excluding carboxylic acids is 1. The summed E-state index contributed by atoms with van der Waals surface area (Å²) in [4.78, 5) is 17.9. The average molecular weight is 569 g/mol. The van der Waals surface area contributed by atoms with E-state index in [1.807, 2.05) is 0 Å². The monoisotopic (exact) mass is 569 g/mol. The minimum absolute atomic E-state index is 0. The van der Waals surface area contributed by atoms with Crippen LogP contribution in [0.5, 0.6) is 0 Å². The summed E-state index contributed by atoms with van der Waals surface area (Å²) in [6.07, 6.45) is 1.20. The van der Waals surface area contributed by atoms with Crippen LogP contribution < -0.4 is 15.8 Å². The number of guanidine groups is 1. The number of carbonyl (C=O) groups is 1. The fourth-order valence-electron chi connectivity index (χ4n) is 3.02. The van der Waals surface area contributed by atoms with E-state index in [4.69, 9.17) is 15.2 Å². The number of nitrogens with one attached hydrogen (secondary N) is 2. The van der Waals surface area contributed by atoms with Crippen molar-refractivity contribution < 1.29 is 22.7 Å². The van der Waals surface area contributed by atoms with Crippen molar-refractivity contribution in [3.05, 3.63) is 29.8 Å². The van der Waals surface area contributed by atoms with Gasteiger partial charge >= 0.3 is 6.09 Å². The van der Waals surface area contributed by atoms with Crippen molar-refractivity contribution in [1.82, 2.24) is 14.9 Å². The summed E-state index contributed by atoms with van der Waals surface area (Å²) in [6, 6.07) is 6.69. The summed E-state index contributed by atoms with van der Waals surface area (Å²) >= 11 is 0. The first-order valence-corrected chi connectivity index (χ1v) is 11.4. The number of benzene rings is 1. The zero-order chi connectivity index (χ0) is 22.0. The van der Waals surface area contributed by atoms with E-state index >= 15 is 0 Å². The van der Waals surface area contributed by atoms with Crippen molar-refractivity contribution in [1.29, 1.82) is 0 Å². The molecule has 1 aliphatic rings. The Labute approximate surface area is 201 Å². The highest BCUT2D eigenvalue weighted by Crippen LogP contribution is 2.13. The molecule has 4 N–H and O–H groups in total. The van der Waals surface area contributed by atoms with Gasteiger partial charge < -0.3 is 25.4 Å². The number of halogens is 1. The van der Waals surface area contributed by atoms with Crippen LogP contribution in [0.1, 0.15) is 25.3 Å². The van der Waals surface area contributed by atoms with Crippen LogP contribution in [-0.4, -0.2) is 71.4 Å². The van der Waals surface area contributed by atoms with Gasteiger partial charge in [0.1, 0.15) is 0 Å². The molecule has 31 heavy (non-hydrogen) atoms. The third-order valence-corrected chi connectivity index (χ3v) is 6.07. The number of rotatable bonds is 9. The van der Waals surface area contributed by atoms with E-state index in [0.717, 1.165) is 18.4 Å². The molecule has 0 unspecified atom stereocenters. The van der Waals surface area contributed by atoms with Crippen molar-refractivity contribution in [2.75, 3.05) is 40.0 Å². The lowest BCUT2D eigenvalue weighted by molar-refractivity contribution is 0.0963. The van der Waals surface area contributed by atoms with E-state index in [0.29, 0.717) is 26.3 Å². The Morgan fingerprint density at radius 3 is 2.68 bits per heavy atom. The number of hydrogen-bond donors (Lipinski definition) is 3. The zero-order valence-electron chi connectivity index (χ0n) is 17.9. The Morgan fingerprint density at radius 1 is 1.32 bits per heavy atom. The van der Waals surface area contributed by atoms with Crippen LogP contribution in [0.15, 0.2) is 34.2 Å². The molecule has 176 valence electrons. The Bertz CT molecular complexity index is 829.